The smallest absolute Gasteiger partial charge is 0.204 e. The number of imidazole rings is 1. The largest absolute Gasteiger partial charge is 0.348 e. The molecule has 0 saturated carbocycles. The maximum atomic E-state index is 11.4. The van der Waals surface area contributed by atoms with Gasteiger partial charge in [0.05, 0.1) is 23.4 Å². The third kappa shape index (κ3) is 3.48. The number of hydrogen-bond acceptors (Lipinski definition) is 5. The first-order valence-corrected chi connectivity index (χ1v) is 8.33. The Bertz CT molecular complexity index is 522. The molecule has 1 N–H and O–H groups in total. The number of anilines is 1. The van der Waals surface area contributed by atoms with Crippen molar-refractivity contribution in [2.45, 2.75) is 25.4 Å². The van der Waals surface area contributed by atoms with E-state index >= 15 is 0 Å². The van der Waals surface area contributed by atoms with Gasteiger partial charge in [0.15, 0.2) is 0 Å². The summed E-state index contributed by atoms with van der Waals surface area (Å²) in [6, 6.07) is 0.293. The molecule has 1 aromatic rings. The second kappa shape index (κ2) is 5.50. The zero-order valence-electron chi connectivity index (χ0n) is 11.8. The highest BCUT2D eigenvalue weighted by Gasteiger charge is 2.23. The van der Waals surface area contributed by atoms with Crippen molar-refractivity contribution in [1.82, 2.24) is 14.9 Å². The molecule has 0 amide bonds. The third-order valence-electron chi connectivity index (χ3n) is 3.59. The normalized spacial score (nSPS) is 19.5. The van der Waals surface area contributed by atoms with Crippen LogP contribution in [0.4, 0.5) is 5.95 Å². The molecule has 0 aliphatic carbocycles. The number of sulfone groups is 1. The van der Waals surface area contributed by atoms with Crippen molar-refractivity contribution in [2.75, 3.05) is 30.5 Å². The number of nitrogens with zero attached hydrogens (tertiary/aromatic N) is 3. The fraction of sp³-hybridized carbons (Fsp3) is 0.750. The number of nitrogens with one attached hydrogen (secondary N) is 1. The van der Waals surface area contributed by atoms with Crippen LogP contribution in [0.15, 0.2) is 6.20 Å². The van der Waals surface area contributed by atoms with Crippen LogP contribution in [-0.2, 0) is 23.4 Å². The van der Waals surface area contributed by atoms with E-state index < -0.39 is 9.84 Å². The Kier molecular flexibility index (Phi) is 4.15. The highest BCUT2D eigenvalue weighted by atomic mass is 32.2. The third-order valence-corrected chi connectivity index (χ3v) is 5.30. The van der Waals surface area contributed by atoms with Gasteiger partial charge in [-0.15, -0.1) is 0 Å². The fourth-order valence-corrected chi connectivity index (χ4v) is 3.85. The first kappa shape index (κ1) is 14.3. The average molecular weight is 286 g/mol. The van der Waals surface area contributed by atoms with E-state index in [-0.39, 0.29) is 0 Å². The Morgan fingerprint density at radius 3 is 2.58 bits per heavy atom. The Balaban J connectivity index is 1.90. The molecule has 108 valence electrons. The molecule has 2 rings (SSSR count). The maximum absolute atomic E-state index is 11.4. The van der Waals surface area contributed by atoms with Crippen LogP contribution in [-0.4, -0.2) is 49.6 Å². The molecule has 1 aliphatic rings. The molecule has 1 aromatic heterocycles. The summed E-state index contributed by atoms with van der Waals surface area (Å²) in [6.45, 7) is 0.724. The summed E-state index contributed by atoms with van der Waals surface area (Å²) in [5.41, 5.74) is 1.11. The van der Waals surface area contributed by atoms with E-state index in [2.05, 4.69) is 10.3 Å². The molecule has 0 spiro atoms. The lowest BCUT2D eigenvalue weighted by Crippen LogP contribution is -2.37. The molecule has 0 atom stereocenters. The number of aromatic nitrogens is 2. The van der Waals surface area contributed by atoms with Gasteiger partial charge in [0.25, 0.3) is 0 Å². The molecule has 0 bridgehead atoms. The SMILES string of the molecule is CN(C)c1ncc(CNC2CCS(=O)(=O)CC2)n1C. The number of hydrogen-bond donors (Lipinski definition) is 1. The van der Waals surface area contributed by atoms with Crippen molar-refractivity contribution in [3.8, 4) is 0 Å². The van der Waals surface area contributed by atoms with Gasteiger partial charge in [-0.25, -0.2) is 13.4 Å². The summed E-state index contributed by atoms with van der Waals surface area (Å²) in [4.78, 5) is 6.32. The molecule has 19 heavy (non-hydrogen) atoms. The van der Waals surface area contributed by atoms with Crippen molar-refractivity contribution in [3.05, 3.63) is 11.9 Å². The van der Waals surface area contributed by atoms with Crippen molar-refractivity contribution in [2.24, 2.45) is 7.05 Å². The van der Waals surface area contributed by atoms with Crippen LogP contribution in [0.5, 0.6) is 0 Å². The summed E-state index contributed by atoms with van der Waals surface area (Å²) >= 11 is 0. The van der Waals surface area contributed by atoms with Gasteiger partial charge in [0.2, 0.25) is 5.95 Å². The van der Waals surface area contributed by atoms with Crippen molar-refractivity contribution in [1.29, 1.82) is 0 Å². The van der Waals surface area contributed by atoms with Crippen molar-refractivity contribution < 1.29 is 8.42 Å². The molecule has 6 nitrogen and oxygen atoms in total. The Morgan fingerprint density at radius 1 is 1.42 bits per heavy atom. The molecular formula is C12H22N4O2S. The van der Waals surface area contributed by atoms with Gasteiger partial charge >= 0.3 is 0 Å². The summed E-state index contributed by atoms with van der Waals surface area (Å²) < 4.78 is 24.8. The summed E-state index contributed by atoms with van der Waals surface area (Å²) in [5.74, 6) is 1.53. The minimum Gasteiger partial charge on any atom is -0.348 e. The van der Waals surface area contributed by atoms with Gasteiger partial charge < -0.3 is 14.8 Å². The van der Waals surface area contributed by atoms with Gasteiger partial charge in [0.1, 0.15) is 9.84 Å². The second-order valence-electron chi connectivity index (χ2n) is 5.31. The Morgan fingerprint density at radius 2 is 2.05 bits per heavy atom. The lowest BCUT2D eigenvalue weighted by Gasteiger charge is -2.23. The molecule has 0 unspecified atom stereocenters. The zero-order valence-corrected chi connectivity index (χ0v) is 12.6. The van der Waals surface area contributed by atoms with Gasteiger partial charge in [0, 0.05) is 33.7 Å². The summed E-state index contributed by atoms with van der Waals surface area (Å²) in [7, 11) is 3.14. The van der Waals surface area contributed by atoms with Crippen LogP contribution in [0.3, 0.4) is 0 Å². The molecule has 1 saturated heterocycles. The minimum absolute atomic E-state index is 0.293. The lowest BCUT2D eigenvalue weighted by atomic mass is 10.1. The predicted octanol–water partition coefficient (Wildman–Crippen LogP) is 0.153. The van der Waals surface area contributed by atoms with Crippen LogP contribution >= 0.6 is 0 Å². The molecule has 2 heterocycles. The van der Waals surface area contributed by atoms with Gasteiger partial charge in [-0.3, -0.25) is 0 Å². The zero-order chi connectivity index (χ0) is 14.0. The van der Waals surface area contributed by atoms with E-state index in [1.807, 2.05) is 36.8 Å². The molecule has 7 heteroatoms. The van der Waals surface area contributed by atoms with Gasteiger partial charge in [-0.05, 0) is 12.8 Å². The summed E-state index contributed by atoms with van der Waals surface area (Å²) in [6.07, 6.45) is 3.28. The fourth-order valence-electron chi connectivity index (χ4n) is 2.36. The molecule has 1 fully saturated rings. The molecule has 1 aliphatic heterocycles. The second-order valence-corrected chi connectivity index (χ2v) is 7.61. The minimum atomic E-state index is -2.78. The Labute approximate surface area is 114 Å². The first-order chi connectivity index (χ1) is 8.89. The van der Waals surface area contributed by atoms with Crippen LogP contribution in [0.2, 0.25) is 0 Å². The van der Waals surface area contributed by atoms with Crippen molar-refractivity contribution in [3.63, 3.8) is 0 Å². The predicted molar refractivity (Wildman–Crippen MR) is 76.1 cm³/mol. The van der Waals surface area contributed by atoms with E-state index in [0.717, 1.165) is 18.2 Å². The van der Waals surface area contributed by atoms with Gasteiger partial charge in [-0.2, -0.15) is 0 Å². The monoisotopic (exact) mass is 286 g/mol. The maximum Gasteiger partial charge on any atom is 0.204 e. The first-order valence-electron chi connectivity index (χ1n) is 6.51. The average Bonchev–Trinajstić information content (AvgIpc) is 2.69. The van der Waals surface area contributed by atoms with E-state index in [0.29, 0.717) is 30.4 Å². The Hall–Kier alpha value is -1.08. The number of rotatable bonds is 4. The topological polar surface area (TPSA) is 67.2 Å². The van der Waals surface area contributed by atoms with E-state index in [9.17, 15) is 8.42 Å². The summed E-state index contributed by atoms with van der Waals surface area (Å²) in [5, 5.41) is 3.42. The quantitative estimate of drug-likeness (QED) is 0.853. The van der Waals surface area contributed by atoms with E-state index in [1.165, 1.54) is 0 Å². The van der Waals surface area contributed by atoms with Crippen LogP contribution in [0.25, 0.3) is 0 Å². The van der Waals surface area contributed by atoms with Crippen LogP contribution in [0, 0.1) is 0 Å². The molecule has 0 aromatic carbocycles. The molecule has 0 radical (unpaired) electrons. The van der Waals surface area contributed by atoms with Crippen LogP contribution in [0.1, 0.15) is 18.5 Å². The molecular weight excluding hydrogens is 264 g/mol. The lowest BCUT2D eigenvalue weighted by molar-refractivity contribution is 0.457. The van der Waals surface area contributed by atoms with Crippen molar-refractivity contribution >= 4 is 15.8 Å². The van der Waals surface area contributed by atoms with E-state index in [4.69, 9.17) is 0 Å². The van der Waals surface area contributed by atoms with Crippen LogP contribution < -0.4 is 10.2 Å². The highest BCUT2D eigenvalue weighted by molar-refractivity contribution is 7.91. The highest BCUT2D eigenvalue weighted by Crippen LogP contribution is 2.14. The standard InChI is InChI=1S/C12H22N4O2S/c1-15(2)12-14-9-11(16(12)3)8-13-10-4-6-19(17,18)7-5-10/h9-10,13H,4-8H2,1-3H3. The van der Waals surface area contributed by atoms with E-state index in [1.54, 1.807) is 0 Å². The van der Waals surface area contributed by atoms with Gasteiger partial charge in [-0.1, -0.05) is 0 Å².